The molecule has 1 saturated heterocycles. The van der Waals surface area contributed by atoms with E-state index in [-0.39, 0.29) is 46.8 Å². The van der Waals surface area contributed by atoms with Gasteiger partial charge in [0.1, 0.15) is 17.1 Å². The van der Waals surface area contributed by atoms with Crippen molar-refractivity contribution in [3.63, 3.8) is 0 Å². The lowest BCUT2D eigenvalue weighted by molar-refractivity contribution is -0.145. The Morgan fingerprint density at radius 3 is 2.44 bits per heavy atom. The zero-order chi connectivity index (χ0) is 20.6. The molecule has 7 heteroatoms. The fraction of sp³-hybridized carbons (Fsp3) is 0.850. The number of carbonyl (C=O) groups is 3. The van der Waals surface area contributed by atoms with Crippen LogP contribution in [0, 0.1) is 23.7 Å². The first kappa shape index (κ1) is 24.3. The molecule has 0 N–H and O–H groups in total. The highest BCUT2D eigenvalue weighted by Gasteiger charge is 2.47. The predicted molar refractivity (Wildman–Crippen MR) is 112 cm³/mol. The lowest BCUT2D eigenvalue weighted by Gasteiger charge is -2.24. The Morgan fingerprint density at radius 1 is 1.19 bits per heavy atom. The number of ketones is 1. The summed E-state index contributed by atoms with van der Waals surface area (Å²) in [6.07, 6.45) is 5.86. The van der Waals surface area contributed by atoms with Crippen LogP contribution in [-0.4, -0.2) is 42.4 Å². The van der Waals surface area contributed by atoms with Gasteiger partial charge in [-0.05, 0) is 31.9 Å². The fourth-order valence-electron chi connectivity index (χ4n) is 3.67. The average Bonchev–Trinajstić information content (AvgIpc) is 2.91. The molecule has 6 unspecified atom stereocenters. The molecule has 0 aliphatic carbocycles. The molecule has 0 spiro atoms. The zero-order valence-electron chi connectivity index (χ0n) is 17.4. The number of carbonyl (C=O) groups excluding carboxylic acids is 3. The summed E-state index contributed by atoms with van der Waals surface area (Å²) in [5.74, 6) is -0.0170. The summed E-state index contributed by atoms with van der Waals surface area (Å²) in [5, 5.41) is -0.258. The Labute approximate surface area is 171 Å². The van der Waals surface area contributed by atoms with Crippen molar-refractivity contribution in [2.45, 2.75) is 71.2 Å². The molecular weight excluding hydrogens is 384 g/mol. The molecule has 156 valence electrons. The highest BCUT2D eigenvalue weighted by atomic mass is 33.1. The van der Waals surface area contributed by atoms with Crippen molar-refractivity contribution in [3.05, 3.63) is 0 Å². The smallest absolute Gasteiger partial charge is 0.320 e. The maximum Gasteiger partial charge on any atom is 0.320 e. The monoisotopic (exact) mass is 418 g/mol. The summed E-state index contributed by atoms with van der Waals surface area (Å²) in [6, 6.07) is 0. The van der Waals surface area contributed by atoms with E-state index in [4.69, 9.17) is 9.47 Å². The first-order valence-electron chi connectivity index (χ1n) is 9.73. The largest absolute Gasteiger partial charge is 0.469 e. The molecule has 1 rings (SSSR count). The van der Waals surface area contributed by atoms with Gasteiger partial charge >= 0.3 is 11.9 Å². The molecular formula is C20H34O5S2. The van der Waals surface area contributed by atoms with Crippen LogP contribution in [0.15, 0.2) is 0 Å². The number of hydrogen-bond acceptors (Lipinski definition) is 7. The molecule has 0 saturated carbocycles. The maximum atomic E-state index is 12.7. The lowest BCUT2D eigenvalue weighted by atomic mass is 9.82. The third kappa shape index (κ3) is 7.33. The average molecular weight is 419 g/mol. The van der Waals surface area contributed by atoms with Gasteiger partial charge in [0.15, 0.2) is 0 Å². The van der Waals surface area contributed by atoms with E-state index in [1.807, 2.05) is 27.0 Å². The van der Waals surface area contributed by atoms with E-state index in [2.05, 4.69) is 6.92 Å². The molecule has 6 atom stereocenters. The van der Waals surface area contributed by atoms with Gasteiger partial charge in [-0.3, -0.25) is 14.4 Å². The van der Waals surface area contributed by atoms with E-state index in [1.165, 1.54) is 17.9 Å². The van der Waals surface area contributed by atoms with E-state index in [1.54, 1.807) is 10.8 Å². The summed E-state index contributed by atoms with van der Waals surface area (Å²) < 4.78 is 10.1. The van der Waals surface area contributed by atoms with Crippen LogP contribution in [0.3, 0.4) is 0 Å². The normalized spacial score (nSPS) is 25.6. The van der Waals surface area contributed by atoms with Crippen LogP contribution < -0.4 is 0 Å². The van der Waals surface area contributed by atoms with Gasteiger partial charge < -0.3 is 9.47 Å². The van der Waals surface area contributed by atoms with Crippen LogP contribution in [0.2, 0.25) is 0 Å². The lowest BCUT2D eigenvalue weighted by Crippen LogP contribution is -2.32. The van der Waals surface area contributed by atoms with Gasteiger partial charge in [-0.1, -0.05) is 55.2 Å². The number of Topliss-reactive ketones (excluding diaryl/α,β-unsaturated/α-hetero) is 1. The Kier molecular flexibility index (Phi) is 10.8. The topological polar surface area (TPSA) is 69.7 Å². The highest BCUT2D eigenvalue weighted by Crippen LogP contribution is 2.41. The Morgan fingerprint density at radius 2 is 1.85 bits per heavy atom. The number of esters is 2. The van der Waals surface area contributed by atoms with Crippen LogP contribution in [0.5, 0.6) is 0 Å². The summed E-state index contributed by atoms with van der Waals surface area (Å²) in [4.78, 5) is 36.1. The van der Waals surface area contributed by atoms with Crippen molar-refractivity contribution in [3.8, 4) is 0 Å². The molecule has 0 aromatic rings. The van der Waals surface area contributed by atoms with Gasteiger partial charge in [-0.25, -0.2) is 0 Å². The number of hydrogen-bond donors (Lipinski definition) is 0. The number of rotatable bonds is 12. The van der Waals surface area contributed by atoms with Crippen LogP contribution >= 0.6 is 21.6 Å². The fourth-order valence-corrected chi connectivity index (χ4v) is 5.84. The molecule has 1 fully saturated rings. The first-order valence-corrected chi connectivity index (χ1v) is 12.4. The number of ether oxygens (including phenoxy) is 2. The molecule has 0 bridgehead atoms. The van der Waals surface area contributed by atoms with Gasteiger partial charge in [0.25, 0.3) is 0 Å². The van der Waals surface area contributed by atoms with Crippen LogP contribution in [-0.2, 0) is 23.9 Å². The van der Waals surface area contributed by atoms with Gasteiger partial charge in [0.2, 0.25) is 0 Å². The minimum absolute atomic E-state index is 0.0568. The van der Waals surface area contributed by atoms with Crippen molar-refractivity contribution in [1.82, 2.24) is 0 Å². The van der Waals surface area contributed by atoms with Crippen LogP contribution in [0.4, 0.5) is 0 Å². The molecule has 1 aliphatic heterocycles. The van der Waals surface area contributed by atoms with Crippen molar-refractivity contribution < 1.29 is 23.9 Å². The molecule has 0 aromatic carbocycles. The van der Waals surface area contributed by atoms with Crippen molar-refractivity contribution >= 4 is 39.3 Å². The molecule has 0 amide bonds. The standard InChI is InChI=1S/C20H34O5S2/c1-12(8-7-9-13(2)19(22)24-5)10-11-16(21)14(3)17-15(4)25-20(23)18(17)27-26-6/h12-15,17-18H,7-11H2,1-6H3. The minimum Gasteiger partial charge on any atom is -0.469 e. The highest BCUT2D eigenvalue weighted by molar-refractivity contribution is 8.76. The van der Waals surface area contributed by atoms with Gasteiger partial charge in [-0.15, -0.1) is 0 Å². The molecule has 27 heavy (non-hydrogen) atoms. The molecule has 0 radical (unpaired) electrons. The van der Waals surface area contributed by atoms with E-state index < -0.39 is 0 Å². The second-order valence-electron chi connectivity index (χ2n) is 7.66. The van der Waals surface area contributed by atoms with Crippen LogP contribution in [0.1, 0.15) is 59.8 Å². The zero-order valence-corrected chi connectivity index (χ0v) is 19.0. The van der Waals surface area contributed by atoms with Crippen molar-refractivity contribution in [2.75, 3.05) is 13.4 Å². The molecule has 1 aliphatic rings. The van der Waals surface area contributed by atoms with E-state index in [0.29, 0.717) is 12.3 Å². The molecule has 1 heterocycles. The number of cyclic esters (lactones) is 1. The predicted octanol–water partition coefficient (Wildman–Crippen LogP) is 4.53. The SMILES string of the molecule is COC(=O)C(C)CCCC(C)CCC(=O)C(C)C1C(C)OC(=O)C1SSC. The van der Waals surface area contributed by atoms with Crippen molar-refractivity contribution in [1.29, 1.82) is 0 Å². The summed E-state index contributed by atoms with van der Waals surface area (Å²) in [6.45, 7) is 7.86. The second-order valence-corrected chi connectivity index (χ2v) is 10.3. The molecule has 5 nitrogen and oxygen atoms in total. The van der Waals surface area contributed by atoms with E-state index in [0.717, 1.165) is 25.7 Å². The minimum atomic E-state index is -0.258. The van der Waals surface area contributed by atoms with Crippen LogP contribution in [0.25, 0.3) is 0 Å². The Hall–Kier alpha value is -0.690. The van der Waals surface area contributed by atoms with Gasteiger partial charge in [0.05, 0.1) is 13.0 Å². The maximum absolute atomic E-state index is 12.7. The second kappa shape index (κ2) is 12.0. The van der Waals surface area contributed by atoms with Gasteiger partial charge in [0, 0.05) is 18.3 Å². The summed E-state index contributed by atoms with van der Waals surface area (Å²) in [7, 11) is 4.46. The van der Waals surface area contributed by atoms with Gasteiger partial charge in [-0.2, -0.15) is 0 Å². The van der Waals surface area contributed by atoms with Crippen molar-refractivity contribution in [2.24, 2.45) is 23.7 Å². The Bertz CT molecular complexity index is 511. The quantitative estimate of drug-likeness (QED) is 0.341. The summed E-state index contributed by atoms with van der Waals surface area (Å²) in [5.41, 5.74) is 0. The Balaban J connectivity index is 2.42. The first-order chi connectivity index (χ1) is 12.7. The van der Waals surface area contributed by atoms with E-state index in [9.17, 15) is 14.4 Å². The van der Waals surface area contributed by atoms with E-state index >= 15 is 0 Å². The summed E-state index contributed by atoms with van der Waals surface area (Å²) >= 11 is 0. The molecule has 0 aromatic heterocycles. The third-order valence-electron chi connectivity index (χ3n) is 5.53. The number of methoxy groups -OCH3 is 1. The third-order valence-corrected chi connectivity index (χ3v) is 7.64.